The molecule has 0 aliphatic carbocycles. The molecule has 1 aromatic heterocycles. The lowest BCUT2D eigenvalue weighted by Crippen LogP contribution is -2.19. The number of halogens is 2. The molecule has 0 bridgehead atoms. The molecule has 0 saturated carbocycles. The van der Waals surface area contributed by atoms with Crippen molar-refractivity contribution in [2.75, 3.05) is 19.5 Å². The Morgan fingerprint density at radius 3 is 2.61 bits per heavy atom. The Hall–Kier alpha value is -1.13. The molecule has 0 amide bonds. The summed E-state index contributed by atoms with van der Waals surface area (Å²) < 4.78 is 57.1. The van der Waals surface area contributed by atoms with Crippen LogP contribution in [0.5, 0.6) is 0 Å². The SMILES string of the molecule is CCS(=O)(=O)OC(COC)c1ncn(C(F)F)n1. The maximum atomic E-state index is 12.3. The van der Waals surface area contributed by atoms with Gasteiger partial charge in [0, 0.05) is 7.11 Å². The standard InChI is InChI=1S/C8H13F2N3O4S/c1-3-18(14,15)17-6(4-16-2)7-11-5-13(12-7)8(9)10/h5-6,8H,3-4H2,1-2H3. The molecular weight excluding hydrogens is 272 g/mol. The summed E-state index contributed by atoms with van der Waals surface area (Å²) in [4.78, 5) is 3.58. The Bertz CT molecular complexity index is 476. The molecule has 18 heavy (non-hydrogen) atoms. The molecule has 0 spiro atoms. The number of rotatable bonds is 7. The lowest BCUT2D eigenvalue weighted by Gasteiger charge is -2.12. The topological polar surface area (TPSA) is 83.3 Å². The molecular formula is C8H13F2N3O4S. The average molecular weight is 285 g/mol. The number of alkyl halides is 2. The summed E-state index contributed by atoms with van der Waals surface area (Å²) in [7, 11) is -2.44. The fraction of sp³-hybridized carbons (Fsp3) is 0.750. The predicted octanol–water partition coefficient (Wildman–Crippen LogP) is 0.727. The smallest absolute Gasteiger partial charge is 0.334 e. The summed E-state index contributed by atoms with van der Waals surface area (Å²) in [6, 6.07) is 0. The molecule has 1 aromatic rings. The Balaban J connectivity index is 2.90. The monoisotopic (exact) mass is 285 g/mol. The number of aromatic nitrogens is 3. The van der Waals surface area contributed by atoms with Gasteiger partial charge in [0.05, 0.1) is 12.4 Å². The lowest BCUT2D eigenvalue weighted by atomic mass is 10.4. The van der Waals surface area contributed by atoms with Crippen LogP contribution < -0.4 is 0 Å². The quantitative estimate of drug-likeness (QED) is 0.687. The molecule has 0 saturated heterocycles. The molecule has 1 unspecified atom stereocenters. The first-order chi connectivity index (χ1) is 8.39. The minimum absolute atomic E-state index is 0.160. The van der Waals surface area contributed by atoms with Crippen molar-refractivity contribution < 1.29 is 26.1 Å². The van der Waals surface area contributed by atoms with E-state index in [1.165, 1.54) is 14.0 Å². The van der Waals surface area contributed by atoms with Gasteiger partial charge in [-0.25, -0.2) is 4.98 Å². The van der Waals surface area contributed by atoms with Crippen molar-refractivity contribution in [3.8, 4) is 0 Å². The van der Waals surface area contributed by atoms with E-state index in [0.717, 1.165) is 6.33 Å². The van der Waals surface area contributed by atoms with Crippen LogP contribution in [0.3, 0.4) is 0 Å². The highest BCUT2D eigenvalue weighted by molar-refractivity contribution is 7.86. The van der Waals surface area contributed by atoms with Crippen LogP contribution in [0.1, 0.15) is 25.4 Å². The Morgan fingerprint density at radius 2 is 2.17 bits per heavy atom. The van der Waals surface area contributed by atoms with E-state index in [4.69, 9.17) is 8.92 Å². The van der Waals surface area contributed by atoms with Gasteiger partial charge in [-0.05, 0) is 6.92 Å². The fourth-order valence-electron chi connectivity index (χ4n) is 1.07. The van der Waals surface area contributed by atoms with Crippen molar-refractivity contribution in [2.24, 2.45) is 0 Å². The van der Waals surface area contributed by atoms with Crippen molar-refractivity contribution in [2.45, 2.75) is 19.6 Å². The maximum Gasteiger partial charge on any atom is 0.334 e. The van der Waals surface area contributed by atoms with Crippen LogP contribution >= 0.6 is 0 Å². The number of ether oxygens (including phenoxy) is 1. The lowest BCUT2D eigenvalue weighted by molar-refractivity contribution is 0.0517. The highest BCUT2D eigenvalue weighted by atomic mass is 32.2. The molecule has 104 valence electrons. The van der Waals surface area contributed by atoms with Gasteiger partial charge in [-0.15, -0.1) is 5.10 Å². The van der Waals surface area contributed by atoms with E-state index < -0.39 is 22.8 Å². The Morgan fingerprint density at radius 1 is 1.50 bits per heavy atom. The Kier molecular flexibility index (Phi) is 5.11. The fourth-order valence-corrected chi connectivity index (χ4v) is 1.70. The van der Waals surface area contributed by atoms with Crippen LogP contribution in [0.15, 0.2) is 6.33 Å². The van der Waals surface area contributed by atoms with Crippen molar-refractivity contribution >= 4 is 10.1 Å². The zero-order valence-electron chi connectivity index (χ0n) is 9.79. The first kappa shape index (κ1) is 14.9. The minimum Gasteiger partial charge on any atom is -0.381 e. The molecule has 1 heterocycles. The third-order valence-corrected chi connectivity index (χ3v) is 3.18. The number of methoxy groups -OCH3 is 1. The van der Waals surface area contributed by atoms with E-state index >= 15 is 0 Å². The molecule has 0 fully saturated rings. The van der Waals surface area contributed by atoms with E-state index in [9.17, 15) is 17.2 Å². The number of nitrogens with zero attached hydrogens (tertiary/aromatic N) is 3. The van der Waals surface area contributed by atoms with Crippen molar-refractivity contribution in [3.63, 3.8) is 0 Å². The van der Waals surface area contributed by atoms with E-state index in [0.29, 0.717) is 4.68 Å². The van der Waals surface area contributed by atoms with E-state index in [2.05, 4.69) is 10.1 Å². The first-order valence-corrected chi connectivity index (χ1v) is 6.56. The summed E-state index contributed by atoms with van der Waals surface area (Å²) in [5, 5.41) is 3.43. The normalized spacial score (nSPS) is 14.1. The molecule has 0 radical (unpaired) electrons. The van der Waals surface area contributed by atoms with Crippen LogP contribution in [0.2, 0.25) is 0 Å². The molecule has 1 rings (SSSR count). The summed E-state index contributed by atoms with van der Waals surface area (Å²) in [5.41, 5.74) is 0. The second-order valence-electron chi connectivity index (χ2n) is 3.25. The molecule has 0 aromatic carbocycles. The molecule has 7 nitrogen and oxygen atoms in total. The van der Waals surface area contributed by atoms with Gasteiger partial charge in [0.1, 0.15) is 6.33 Å². The van der Waals surface area contributed by atoms with Gasteiger partial charge in [-0.1, -0.05) is 0 Å². The average Bonchev–Trinajstić information content (AvgIpc) is 2.77. The largest absolute Gasteiger partial charge is 0.381 e. The van der Waals surface area contributed by atoms with E-state index in [-0.39, 0.29) is 18.2 Å². The second kappa shape index (κ2) is 6.16. The molecule has 0 N–H and O–H groups in total. The van der Waals surface area contributed by atoms with Crippen LogP contribution in [-0.2, 0) is 19.0 Å². The summed E-state index contributed by atoms with van der Waals surface area (Å²) in [6.45, 7) is -1.62. The van der Waals surface area contributed by atoms with Gasteiger partial charge in [-0.3, -0.25) is 4.18 Å². The number of hydrogen-bond acceptors (Lipinski definition) is 6. The second-order valence-corrected chi connectivity index (χ2v) is 5.13. The minimum atomic E-state index is -3.76. The van der Waals surface area contributed by atoms with Gasteiger partial charge in [0.25, 0.3) is 10.1 Å². The molecule has 0 aliphatic rings. The van der Waals surface area contributed by atoms with Crippen molar-refractivity contribution in [1.82, 2.24) is 14.8 Å². The highest BCUT2D eigenvalue weighted by Gasteiger charge is 2.24. The van der Waals surface area contributed by atoms with Crippen LogP contribution in [-0.4, -0.2) is 42.7 Å². The van der Waals surface area contributed by atoms with E-state index in [1.54, 1.807) is 0 Å². The van der Waals surface area contributed by atoms with Gasteiger partial charge in [-0.2, -0.15) is 21.9 Å². The third kappa shape index (κ3) is 3.96. The van der Waals surface area contributed by atoms with Gasteiger partial charge in [0.15, 0.2) is 11.9 Å². The molecule has 0 aliphatic heterocycles. The zero-order valence-corrected chi connectivity index (χ0v) is 10.6. The number of hydrogen-bond donors (Lipinski definition) is 0. The highest BCUT2D eigenvalue weighted by Crippen LogP contribution is 2.18. The van der Waals surface area contributed by atoms with E-state index in [1.807, 2.05) is 0 Å². The first-order valence-electron chi connectivity index (χ1n) is 4.98. The van der Waals surface area contributed by atoms with Gasteiger partial charge in [0.2, 0.25) is 0 Å². The van der Waals surface area contributed by atoms with Gasteiger partial charge >= 0.3 is 6.55 Å². The van der Waals surface area contributed by atoms with Crippen LogP contribution in [0.4, 0.5) is 8.78 Å². The van der Waals surface area contributed by atoms with Gasteiger partial charge < -0.3 is 4.74 Å². The zero-order chi connectivity index (χ0) is 13.8. The summed E-state index contributed by atoms with van der Waals surface area (Å²) in [6.07, 6.45) is -0.343. The predicted molar refractivity (Wildman–Crippen MR) is 56.4 cm³/mol. The molecule has 10 heteroatoms. The summed E-state index contributed by atoms with van der Waals surface area (Å²) >= 11 is 0. The maximum absolute atomic E-state index is 12.3. The van der Waals surface area contributed by atoms with Crippen LogP contribution in [0.25, 0.3) is 0 Å². The van der Waals surface area contributed by atoms with Crippen molar-refractivity contribution in [1.29, 1.82) is 0 Å². The molecule has 1 atom stereocenters. The Labute approximate surface area is 103 Å². The van der Waals surface area contributed by atoms with Crippen LogP contribution in [0, 0.1) is 0 Å². The third-order valence-electron chi connectivity index (χ3n) is 1.95. The van der Waals surface area contributed by atoms with Crippen molar-refractivity contribution in [3.05, 3.63) is 12.2 Å². The summed E-state index contributed by atoms with van der Waals surface area (Å²) in [5.74, 6) is -0.419.